The summed E-state index contributed by atoms with van der Waals surface area (Å²) in [6.45, 7) is 1.81. The summed E-state index contributed by atoms with van der Waals surface area (Å²) in [7, 11) is 0. The number of halogens is 3. The number of fused-ring (bicyclic) bond motifs is 3. The van der Waals surface area contributed by atoms with Gasteiger partial charge in [0.2, 0.25) is 0 Å². The number of pyridine rings is 1. The van der Waals surface area contributed by atoms with Crippen molar-refractivity contribution in [3.05, 3.63) is 95.8 Å². The Morgan fingerprint density at radius 2 is 1.62 bits per heavy atom. The fourth-order valence-corrected chi connectivity index (χ4v) is 4.30. The van der Waals surface area contributed by atoms with Gasteiger partial charge >= 0.3 is 6.18 Å². The van der Waals surface area contributed by atoms with Crippen LogP contribution in [0.2, 0.25) is 0 Å². The number of hydrogen-bond acceptors (Lipinski definition) is 2. The number of nitriles is 1. The van der Waals surface area contributed by atoms with E-state index in [-0.39, 0.29) is 5.52 Å². The summed E-state index contributed by atoms with van der Waals surface area (Å²) in [5.74, 6) is 0. The summed E-state index contributed by atoms with van der Waals surface area (Å²) in [6.07, 6.45) is -1.27. The summed E-state index contributed by atoms with van der Waals surface area (Å²) in [6, 6.07) is 20.8. The van der Waals surface area contributed by atoms with Gasteiger partial charge in [0.15, 0.2) is 0 Å². The molecule has 0 amide bonds. The largest absolute Gasteiger partial charge is 0.418 e. The van der Waals surface area contributed by atoms with E-state index in [1.165, 1.54) is 6.07 Å². The van der Waals surface area contributed by atoms with Crippen molar-refractivity contribution in [3.63, 3.8) is 0 Å². The third kappa shape index (κ3) is 3.02. The number of hydrogen-bond donors (Lipinski definition) is 0. The molecule has 0 bridgehead atoms. The Bertz CT molecular complexity index is 1520. The van der Waals surface area contributed by atoms with Crippen LogP contribution in [-0.2, 0) is 6.18 Å². The van der Waals surface area contributed by atoms with E-state index >= 15 is 0 Å². The van der Waals surface area contributed by atoms with Gasteiger partial charge < -0.3 is 4.57 Å². The fraction of sp³-hybridized carbons (Fsp3) is 0.0769. The molecule has 0 aliphatic heterocycles. The molecule has 6 heteroatoms. The van der Waals surface area contributed by atoms with Crippen LogP contribution in [0.1, 0.15) is 16.7 Å². The van der Waals surface area contributed by atoms with Crippen LogP contribution in [0.3, 0.4) is 0 Å². The van der Waals surface area contributed by atoms with Crippen LogP contribution in [0, 0.1) is 18.3 Å². The predicted octanol–water partition coefficient (Wildman–Crippen LogP) is 7.04. The first kappa shape index (κ1) is 19.8. The van der Waals surface area contributed by atoms with Gasteiger partial charge in [-0.3, -0.25) is 4.98 Å². The highest BCUT2D eigenvalue weighted by Gasteiger charge is 2.35. The third-order valence-corrected chi connectivity index (χ3v) is 5.69. The molecular formula is C26H16F3N3. The Balaban J connectivity index is 1.95. The third-order valence-electron chi connectivity index (χ3n) is 5.69. The van der Waals surface area contributed by atoms with Crippen LogP contribution >= 0.6 is 0 Å². The minimum Gasteiger partial charge on any atom is -0.308 e. The van der Waals surface area contributed by atoms with Crippen molar-refractivity contribution in [2.24, 2.45) is 0 Å². The maximum absolute atomic E-state index is 14.0. The molecule has 0 saturated carbocycles. The molecule has 5 rings (SSSR count). The van der Waals surface area contributed by atoms with Gasteiger partial charge in [-0.05, 0) is 54.4 Å². The predicted molar refractivity (Wildman–Crippen MR) is 118 cm³/mol. The lowest BCUT2D eigenvalue weighted by atomic mass is 9.97. The molecule has 0 radical (unpaired) electrons. The highest BCUT2D eigenvalue weighted by Crippen LogP contribution is 2.41. The number of alkyl halides is 3. The number of para-hydroxylation sites is 2. The molecule has 0 fully saturated rings. The summed E-state index contributed by atoms with van der Waals surface area (Å²) in [5, 5.41) is 11.0. The molecule has 3 aromatic carbocycles. The molecule has 0 atom stereocenters. The second kappa shape index (κ2) is 7.24. The molecule has 0 unspecified atom stereocenters. The zero-order valence-electron chi connectivity index (χ0n) is 17.0. The summed E-state index contributed by atoms with van der Waals surface area (Å²) in [5.41, 5.74) is 3.26. The van der Waals surface area contributed by atoms with Crippen molar-refractivity contribution >= 4 is 21.8 Å². The van der Waals surface area contributed by atoms with Gasteiger partial charge in [0.25, 0.3) is 0 Å². The molecule has 0 spiro atoms. The molecule has 0 N–H and O–H groups in total. The van der Waals surface area contributed by atoms with Crippen LogP contribution in [0.25, 0.3) is 38.6 Å². The molecule has 3 nitrogen and oxygen atoms in total. The van der Waals surface area contributed by atoms with Crippen molar-refractivity contribution < 1.29 is 13.2 Å². The highest BCUT2D eigenvalue weighted by atomic mass is 19.4. The summed E-state index contributed by atoms with van der Waals surface area (Å²) < 4.78 is 43.8. The van der Waals surface area contributed by atoms with Crippen molar-refractivity contribution in [2.45, 2.75) is 13.1 Å². The Kier molecular flexibility index (Phi) is 4.49. The number of nitrogens with zero attached hydrogens (tertiary/aromatic N) is 3. The Labute approximate surface area is 182 Å². The van der Waals surface area contributed by atoms with Crippen molar-refractivity contribution in [3.8, 4) is 22.9 Å². The van der Waals surface area contributed by atoms with E-state index in [2.05, 4.69) is 11.1 Å². The standard InChI is InChI=1S/C26H16F3N3/c1-16-13-18(15-30)21(17-9-11-31-12-10-17)14-24(16)32-23-8-3-2-5-19(23)20-6-4-7-22(25(20)32)26(27,28)29/h2-14H,1H3. The van der Waals surface area contributed by atoms with Gasteiger partial charge in [-0.1, -0.05) is 30.3 Å². The number of benzene rings is 3. The van der Waals surface area contributed by atoms with E-state index in [0.717, 1.165) is 17.0 Å². The lowest BCUT2D eigenvalue weighted by Crippen LogP contribution is -2.09. The minimum atomic E-state index is -4.51. The molecule has 32 heavy (non-hydrogen) atoms. The van der Waals surface area contributed by atoms with Gasteiger partial charge in [-0.15, -0.1) is 0 Å². The van der Waals surface area contributed by atoms with Crippen molar-refractivity contribution in [1.29, 1.82) is 5.26 Å². The quantitative estimate of drug-likeness (QED) is 0.303. The summed E-state index contributed by atoms with van der Waals surface area (Å²) in [4.78, 5) is 4.02. The van der Waals surface area contributed by atoms with Gasteiger partial charge in [-0.25, -0.2) is 0 Å². The maximum Gasteiger partial charge on any atom is 0.418 e. The van der Waals surface area contributed by atoms with E-state index in [4.69, 9.17) is 0 Å². The lowest BCUT2D eigenvalue weighted by molar-refractivity contribution is -0.136. The number of aryl methyl sites for hydroxylation is 1. The smallest absolute Gasteiger partial charge is 0.308 e. The second-order valence-corrected chi connectivity index (χ2v) is 7.58. The Morgan fingerprint density at radius 3 is 2.34 bits per heavy atom. The zero-order chi connectivity index (χ0) is 22.5. The average Bonchev–Trinajstić information content (AvgIpc) is 3.13. The molecule has 2 heterocycles. The first-order valence-electron chi connectivity index (χ1n) is 9.95. The second-order valence-electron chi connectivity index (χ2n) is 7.58. The van der Waals surface area contributed by atoms with E-state index in [1.807, 2.05) is 31.2 Å². The molecule has 0 saturated heterocycles. The van der Waals surface area contributed by atoms with Crippen LogP contribution in [-0.4, -0.2) is 9.55 Å². The van der Waals surface area contributed by atoms with Crippen LogP contribution in [0.4, 0.5) is 13.2 Å². The van der Waals surface area contributed by atoms with E-state index in [1.54, 1.807) is 47.3 Å². The van der Waals surface area contributed by atoms with Crippen LogP contribution < -0.4 is 0 Å². The first-order chi connectivity index (χ1) is 15.4. The van der Waals surface area contributed by atoms with E-state index in [0.29, 0.717) is 33.3 Å². The maximum atomic E-state index is 14.0. The zero-order valence-corrected chi connectivity index (χ0v) is 17.0. The monoisotopic (exact) mass is 427 g/mol. The van der Waals surface area contributed by atoms with Gasteiger partial charge in [0, 0.05) is 34.4 Å². The molecule has 0 aliphatic carbocycles. The molecule has 2 aromatic heterocycles. The normalized spacial score (nSPS) is 11.7. The lowest BCUT2D eigenvalue weighted by Gasteiger charge is -2.17. The Hall–Kier alpha value is -4.11. The summed E-state index contributed by atoms with van der Waals surface area (Å²) >= 11 is 0. The molecule has 0 aliphatic rings. The minimum absolute atomic E-state index is 0.106. The first-order valence-corrected chi connectivity index (χ1v) is 9.95. The van der Waals surface area contributed by atoms with Gasteiger partial charge in [-0.2, -0.15) is 18.4 Å². The number of rotatable bonds is 2. The topological polar surface area (TPSA) is 41.6 Å². The van der Waals surface area contributed by atoms with Crippen LogP contribution in [0.15, 0.2) is 79.1 Å². The van der Waals surface area contributed by atoms with E-state index < -0.39 is 11.7 Å². The molecular weight excluding hydrogens is 411 g/mol. The molecule has 5 aromatic rings. The Morgan fingerprint density at radius 1 is 0.906 bits per heavy atom. The van der Waals surface area contributed by atoms with Crippen LogP contribution in [0.5, 0.6) is 0 Å². The van der Waals surface area contributed by atoms with E-state index in [9.17, 15) is 18.4 Å². The number of aromatic nitrogens is 2. The van der Waals surface area contributed by atoms with Crippen molar-refractivity contribution in [2.75, 3.05) is 0 Å². The SMILES string of the molecule is Cc1cc(C#N)c(-c2ccncc2)cc1-n1c2ccccc2c2cccc(C(F)(F)F)c21. The highest BCUT2D eigenvalue weighted by molar-refractivity contribution is 6.10. The van der Waals surface area contributed by atoms with Crippen molar-refractivity contribution in [1.82, 2.24) is 9.55 Å². The fourth-order valence-electron chi connectivity index (χ4n) is 4.30. The van der Waals surface area contributed by atoms with Gasteiger partial charge in [0.05, 0.1) is 28.2 Å². The average molecular weight is 427 g/mol. The molecule has 156 valence electrons. The van der Waals surface area contributed by atoms with Gasteiger partial charge in [0.1, 0.15) is 0 Å².